The van der Waals surface area contributed by atoms with E-state index in [0.717, 1.165) is 34.4 Å². The molecule has 0 saturated heterocycles. The van der Waals surface area contributed by atoms with Gasteiger partial charge >= 0.3 is 0 Å². The Morgan fingerprint density at radius 2 is 1.94 bits per heavy atom. The minimum atomic E-state index is 0.370. The molecule has 0 spiro atoms. The number of ether oxygens (including phenoxy) is 1. The first kappa shape index (κ1) is 15.5. The molecule has 1 aromatic carbocycles. The monoisotopic (exact) mass is 313 g/mol. The first-order valence-corrected chi connectivity index (χ1v) is 7.24. The van der Waals surface area contributed by atoms with E-state index in [2.05, 4.69) is 49.7 Å². The summed E-state index contributed by atoms with van der Waals surface area (Å²) < 4.78 is 6.97. The predicted octanol–water partition coefficient (Wildman–Crippen LogP) is 4.42. The lowest BCUT2D eigenvalue weighted by Gasteiger charge is -2.19. The van der Waals surface area contributed by atoms with Gasteiger partial charge < -0.3 is 10.5 Å². The molecule has 0 atom stereocenters. The Morgan fingerprint density at radius 3 is 2.50 bits per heavy atom. The van der Waals surface area contributed by atoms with Crippen LogP contribution in [0.5, 0.6) is 5.75 Å². The van der Waals surface area contributed by atoms with Crippen LogP contribution >= 0.6 is 15.9 Å². The van der Waals surface area contributed by atoms with E-state index in [-0.39, 0.29) is 0 Å². The summed E-state index contributed by atoms with van der Waals surface area (Å²) in [4.78, 5) is 0. The molecule has 1 aromatic rings. The molecule has 0 amide bonds. The second-order valence-corrected chi connectivity index (χ2v) is 6.84. The molecule has 1 rings (SSSR count). The zero-order valence-corrected chi connectivity index (χ0v) is 13.4. The SMILES string of the molecule is Cc1cc(Br)cc(CN)c1OCCCC(C)(C)C. The van der Waals surface area contributed by atoms with Gasteiger partial charge in [0.1, 0.15) is 5.75 Å². The summed E-state index contributed by atoms with van der Waals surface area (Å²) in [5.41, 5.74) is 8.34. The minimum Gasteiger partial charge on any atom is -0.493 e. The highest BCUT2D eigenvalue weighted by molar-refractivity contribution is 9.10. The van der Waals surface area contributed by atoms with Crippen molar-refractivity contribution in [1.29, 1.82) is 0 Å². The third-order valence-electron chi connectivity index (χ3n) is 2.85. The average Bonchev–Trinajstić information content (AvgIpc) is 2.24. The van der Waals surface area contributed by atoms with Crippen molar-refractivity contribution in [2.75, 3.05) is 6.61 Å². The molecule has 0 heterocycles. The summed E-state index contributed by atoms with van der Waals surface area (Å²) in [6.07, 6.45) is 2.24. The zero-order valence-electron chi connectivity index (χ0n) is 11.8. The quantitative estimate of drug-likeness (QED) is 0.817. The van der Waals surface area contributed by atoms with E-state index in [1.807, 2.05) is 6.07 Å². The van der Waals surface area contributed by atoms with Gasteiger partial charge in [0.15, 0.2) is 0 Å². The van der Waals surface area contributed by atoms with E-state index < -0.39 is 0 Å². The van der Waals surface area contributed by atoms with Crippen LogP contribution in [0.1, 0.15) is 44.7 Å². The summed E-state index contributed by atoms with van der Waals surface area (Å²) in [5, 5.41) is 0. The van der Waals surface area contributed by atoms with Crippen LogP contribution in [0, 0.1) is 12.3 Å². The van der Waals surface area contributed by atoms with E-state index in [1.165, 1.54) is 6.42 Å². The second-order valence-electron chi connectivity index (χ2n) is 5.93. The molecule has 0 radical (unpaired) electrons. The van der Waals surface area contributed by atoms with Crippen molar-refractivity contribution in [3.05, 3.63) is 27.7 Å². The fraction of sp³-hybridized carbons (Fsp3) is 0.600. The summed E-state index contributed by atoms with van der Waals surface area (Å²) in [6.45, 7) is 10.1. The largest absolute Gasteiger partial charge is 0.493 e. The standard InChI is InChI=1S/C15H24BrNO/c1-11-8-13(16)9-12(10-17)14(11)18-7-5-6-15(2,3)4/h8-9H,5-7,10,17H2,1-4H3. The van der Waals surface area contributed by atoms with Gasteiger partial charge in [-0.2, -0.15) is 0 Å². The molecule has 2 N–H and O–H groups in total. The molecule has 3 heteroatoms. The molecule has 102 valence electrons. The van der Waals surface area contributed by atoms with Crippen molar-refractivity contribution in [1.82, 2.24) is 0 Å². The van der Waals surface area contributed by atoms with E-state index in [0.29, 0.717) is 12.0 Å². The molecule has 0 aromatic heterocycles. The lowest BCUT2D eigenvalue weighted by Crippen LogP contribution is -2.10. The number of hydrogen-bond acceptors (Lipinski definition) is 2. The molecule has 0 aliphatic rings. The number of aryl methyl sites for hydroxylation is 1. The van der Waals surface area contributed by atoms with Crippen LogP contribution < -0.4 is 10.5 Å². The van der Waals surface area contributed by atoms with Crippen LogP contribution in [-0.4, -0.2) is 6.61 Å². The maximum atomic E-state index is 5.91. The van der Waals surface area contributed by atoms with Gasteiger partial charge in [-0.1, -0.05) is 36.7 Å². The fourth-order valence-corrected chi connectivity index (χ4v) is 2.55. The van der Waals surface area contributed by atoms with Crippen molar-refractivity contribution in [3.63, 3.8) is 0 Å². The van der Waals surface area contributed by atoms with E-state index in [4.69, 9.17) is 10.5 Å². The van der Waals surface area contributed by atoms with Gasteiger partial charge in [0.2, 0.25) is 0 Å². The van der Waals surface area contributed by atoms with Gasteiger partial charge in [-0.15, -0.1) is 0 Å². The van der Waals surface area contributed by atoms with Gasteiger partial charge in [0, 0.05) is 16.6 Å². The van der Waals surface area contributed by atoms with Crippen molar-refractivity contribution < 1.29 is 4.74 Å². The number of benzene rings is 1. The Morgan fingerprint density at radius 1 is 1.28 bits per heavy atom. The Hall–Kier alpha value is -0.540. The van der Waals surface area contributed by atoms with Crippen LogP contribution in [0.3, 0.4) is 0 Å². The Balaban J connectivity index is 2.62. The van der Waals surface area contributed by atoms with Crippen molar-refractivity contribution >= 4 is 15.9 Å². The molecule has 0 bridgehead atoms. The highest BCUT2D eigenvalue weighted by atomic mass is 79.9. The zero-order chi connectivity index (χ0) is 13.8. The molecular weight excluding hydrogens is 290 g/mol. The van der Waals surface area contributed by atoms with Crippen LogP contribution in [0.15, 0.2) is 16.6 Å². The highest BCUT2D eigenvalue weighted by Crippen LogP contribution is 2.28. The third kappa shape index (κ3) is 4.99. The second kappa shape index (κ2) is 6.58. The Bertz CT molecular complexity index is 396. The predicted molar refractivity (Wildman–Crippen MR) is 81.0 cm³/mol. The van der Waals surface area contributed by atoms with E-state index in [9.17, 15) is 0 Å². The van der Waals surface area contributed by atoms with E-state index in [1.54, 1.807) is 0 Å². The van der Waals surface area contributed by atoms with E-state index >= 15 is 0 Å². The van der Waals surface area contributed by atoms with Crippen LogP contribution in [0.25, 0.3) is 0 Å². The maximum Gasteiger partial charge on any atom is 0.126 e. The fourth-order valence-electron chi connectivity index (χ4n) is 1.93. The smallest absolute Gasteiger partial charge is 0.126 e. The number of nitrogens with two attached hydrogens (primary N) is 1. The maximum absolute atomic E-state index is 5.91. The summed E-state index contributed by atoms with van der Waals surface area (Å²) in [7, 11) is 0. The molecule has 0 unspecified atom stereocenters. The number of rotatable bonds is 5. The van der Waals surface area contributed by atoms with Crippen molar-refractivity contribution in [2.45, 2.75) is 47.1 Å². The van der Waals surface area contributed by atoms with Crippen molar-refractivity contribution in [2.24, 2.45) is 11.1 Å². The Kier molecular flexibility index (Phi) is 5.67. The summed E-state index contributed by atoms with van der Waals surface area (Å²) in [6, 6.07) is 4.10. The topological polar surface area (TPSA) is 35.2 Å². The number of hydrogen-bond donors (Lipinski definition) is 1. The molecular formula is C15H24BrNO. The van der Waals surface area contributed by atoms with Gasteiger partial charge in [0.25, 0.3) is 0 Å². The van der Waals surface area contributed by atoms with Gasteiger partial charge in [0.05, 0.1) is 6.61 Å². The van der Waals surface area contributed by atoms with Crippen LogP contribution in [0.4, 0.5) is 0 Å². The number of halogens is 1. The Labute approximate surface area is 119 Å². The summed E-state index contributed by atoms with van der Waals surface area (Å²) >= 11 is 3.48. The first-order valence-electron chi connectivity index (χ1n) is 6.45. The molecule has 18 heavy (non-hydrogen) atoms. The molecule has 0 fully saturated rings. The molecule has 0 aliphatic heterocycles. The lowest BCUT2D eigenvalue weighted by atomic mass is 9.91. The highest BCUT2D eigenvalue weighted by Gasteiger charge is 2.11. The molecule has 2 nitrogen and oxygen atoms in total. The van der Waals surface area contributed by atoms with Gasteiger partial charge in [-0.05, 0) is 42.9 Å². The lowest BCUT2D eigenvalue weighted by molar-refractivity contribution is 0.266. The van der Waals surface area contributed by atoms with Crippen LogP contribution in [0.2, 0.25) is 0 Å². The molecule has 0 aliphatic carbocycles. The third-order valence-corrected chi connectivity index (χ3v) is 3.31. The minimum absolute atomic E-state index is 0.370. The first-order chi connectivity index (χ1) is 8.33. The van der Waals surface area contributed by atoms with Crippen molar-refractivity contribution in [3.8, 4) is 5.75 Å². The normalized spacial score (nSPS) is 11.7. The van der Waals surface area contributed by atoms with Gasteiger partial charge in [-0.3, -0.25) is 0 Å². The summed E-state index contributed by atoms with van der Waals surface area (Å²) in [5.74, 6) is 0.953. The molecule has 0 saturated carbocycles. The van der Waals surface area contributed by atoms with Gasteiger partial charge in [-0.25, -0.2) is 0 Å². The van der Waals surface area contributed by atoms with Crippen LogP contribution in [-0.2, 0) is 6.54 Å². The average molecular weight is 314 g/mol.